The summed E-state index contributed by atoms with van der Waals surface area (Å²) in [5.74, 6) is 1.17. The van der Waals surface area contributed by atoms with Gasteiger partial charge in [0.2, 0.25) is 11.8 Å². The predicted molar refractivity (Wildman–Crippen MR) is 110 cm³/mol. The normalized spacial score (nSPS) is 15.9. The first-order chi connectivity index (χ1) is 13.5. The summed E-state index contributed by atoms with van der Waals surface area (Å²) in [6.45, 7) is 6.67. The van der Waals surface area contributed by atoms with Gasteiger partial charge in [-0.05, 0) is 43.0 Å². The molecule has 0 aliphatic carbocycles. The Morgan fingerprint density at radius 1 is 1.43 bits per heavy atom. The molecule has 6 nitrogen and oxygen atoms in total. The van der Waals surface area contributed by atoms with Crippen molar-refractivity contribution in [3.05, 3.63) is 52.6 Å². The van der Waals surface area contributed by atoms with Gasteiger partial charge in [0.15, 0.2) is 5.82 Å². The summed E-state index contributed by atoms with van der Waals surface area (Å²) >= 11 is 6.06. The number of aryl methyl sites for hydroxylation is 1. The molecule has 0 spiro atoms. The molecule has 0 bridgehead atoms. The van der Waals surface area contributed by atoms with Gasteiger partial charge in [-0.3, -0.25) is 9.69 Å². The Balaban J connectivity index is 1.50. The van der Waals surface area contributed by atoms with Crippen LogP contribution in [0.5, 0.6) is 0 Å². The van der Waals surface area contributed by atoms with Crippen molar-refractivity contribution in [2.45, 2.75) is 52.1 Å². The third-order valence-corrected chi connectivity index (χ3v) is 5.16. The number of rotatable bonds is 8. The van der Waals surface area contributed by atoms with Crippen LogP contribution in [0.15, 0.2) is 34.9 Å². The maximum absolute atomic E-state index is 11.9. The molecule has 0 fully saturated rings. The molecule has 0 saturated carbocycles. The van der Waals surface area contributed by atoms with Crippen LogP contribution < -0.4 is 5.32 Å². The van der Waals surface area contributed by atoms with Crippen molar-refractivity contribution in [3.63, 3.8) is 0 Å². The molecule has 1 aliphatic rings. The average molecular weight is 403 g/mol. The van der Waals surface area contributed by atoms with Crippen LogP contribution in [-0.2, 0) is 17.8 Å². The highest BCUT2D eigenvalue weighted by atomic mass is 35.5. The minimum atomic E-state index is 0.0163. The molecule has 150 valence electrons. The lowest BCUT2D eigenvalue weighted by atomic mass is 10.1. The Morgan fingerprint density at radius 2 is 2.29 bits per heavy atom. The van der Waals surface area contributed by atoms with Crippen LogP contribution in [0, 0.1) is 0 Å². The fraction of sp³-hybridized carbons (Fsp3) is 0.476. The summed E-state index contributed by atoms with van der Waals surface area (Å²) in [4.78, 5) is 18.7. The second-order valence-corrected chi connectivity index (χ2v) is 7.67. The van der Waals surface area contributed by atoms with Crippen molar-refractivity contribution >= 4 is 23.1 Å². The van der Waals surface area contributed by atoms with E-state index in [0.717, 1.165) is 43.1 Å². The van der Waals surface area contributed by atoms with E-state index in [9.17, 15) is 4.79 Å². The first-order valence-electron chi connectivity index (χ1n) is 9.81. The van der Waals surface area contributed by atoms with Crippen molar-refractivity contribution in [2.75, 3.05) is 13.1 Å². The topological polar surface area (TPSA) is 71.3 Å². The Kier molecular flexibility index (Phi) is 7.23. The van der Waals surface area contributed by atoms with Gasteiger partial charge in [-0.2, -0.15) is 4.98 Å². The van der Waals surface area contributed by atoms with E-state index < -0.39 is 0 Å². The lowest BCUT2D eigenvalue weighted by Gasteiger charge is -2.25. The summed E-state index contributed by atoms with van der Waals surface area (Å²) in [7, 11) is 0. The molecule has 3 rings (SSSR count). The van der Waals surface area contributed by atoms with Crippen molar-refractivity contribution in [1.29, 1.82) is 0 Å². The van der Waals surface area contributed by atoms with Gasteiger partial charge in [0, 0.05) is 43.5 Å². The first-order valence-corrected chi connectivity index (χ1v) is 10.2. The molecular formula is C21H27ClN4O2. The van der Waals surface area contributed by atoms with Crippen molar-refractivity contribution in [3.8, 4) is 0 Å². The molecule has 1 aliphatic heterocycles. The van der Waals surface area contributed by atoms with Crippen LogP contribution in [0.1, 0.15) is 50.4 Å². The maximum Gasteiger partial charge on any atom is 0.227 e. The number of carbonyl (C=O) groups is 1. The number of benzene rings is 1. The van der Waals surface area contributed by atoms with Crippen LogP contribution in [0.4, 0.5) is 0 Å². The third kappa shape index (κ3) is 5.91. The SMILES string of the molecule is CCC(C)NC(=O)CCc1nc(C2=CCN(Cc3cccc(Cl)c3)CC2)no1. The number of nitrogens with zero attached hydrogens (tertiary/aromatic N) is 3. The summed E-state index contributed by atoms with van der Waals surface area (Å²) < 4.78 is 5.33. The fourth-order valence-corrected chi connectivity index (χ4v) is 3.32. The summed E-state index contributed by atoms with van der Waals surface area (Å²) in [5.41, 5.74) is 2.31. The molecule has 1 amide bonds. The monoisotopic (exact) mass is 402 g/mol. The minimum Gasteiger partial charge on any atom is -0.354 e. The summed E-state index contributed by atoms with van der Waals surface area (Å²) in [6, 6.07) is 8.15. The Hall–Kier alpha value is -2.18. The summed E-state index contributed by atoms with van der Waals surface area (Å²) in [5, 5.41) is 7.80. The van der Waals surface area contributed by atoms with Gasteiger partial charge in [0.25, 0.3) is 0 Å². The molecule has 1 aromatic carbocycles. The quantitative estimate of drug-likeness (QED) is 0.725. The van der Waals surface area contributed by atoms with E-state index in [2.05, 4.69) is 32.5 Å². The zero-order chi connectivity index (χ0) is 19.9. The van der Waals surface area contributed by atoms with Crippen LogP contribution in [0.2, 0.25) is 5.02 Å². The molecule has 7 heteroatoms. The number of nitrogens with one attached hydrogen (secondary N) is 1. The number of carbonyl (C=O) groups excluding carboxylic acids is 1. The largest absolute Gasteiger partial charge is 0.354 e. The van der Waals surface area contributed by atoms with Crippen molar-refractivity contribution in [1.82, 2.24) is 20.4 Å². The molecule has 28 heavy (non-hydrogen) atoms. The third-order valence-electron chi connectivity index (χ3n) is 4.93. The highest BCUT2D eigenvalue weighted by Crippen LogP contribution is 2.22. The number of amides is 1. The van der Waals surface area contributed by atoms with Gasteiger partial charge < -0.3 is 9.84 Å². The van der Waals surface area contributed by atoms with Crippen molar-refractivity contribution in [2.24, 2.45) is 0 Å². The molecule has 1 N–H and O–H groups in total. The number of halogens is 1. The molecule has 2 heterocycles. The summed E-state index contributed by atoms with van der Waals surface area (Å²) in [6.07, 6.45) is 4.76. The van der Waals surface area contributed by atoms with E-state index >= 15 is 0 Å². The highest BCUT2D eigenvalue weighted by Gasteiger charge is 2.18. The van der Waals surface area contributed by atoms with Crippen LogP contribution in [0.25, 0.3) is 5.57 Å². The lowest BCUT2D eigenvalue weighted by Crippen LogP contribution is -2.32. The molecule has 2 aromatic rings. The van der Waals surface area contributed by atoms with E-state index in [4.69, 9.17) is 16.1 Å². The molecule has 1 atom stereocenters. The Morgan fingerprint density at radius 3 is 3.00 bits per heavy atom. The Labute approximate surface area is 170 Å². The molecule has 0 radical (unpaired) electrons. The van der Waals surface area contributed by atoms with Gasteiger partial charge in [-0.15, -0.1) is 0 Å². The lowest BCUT2D eigenvalue weighted by molar-refractivity contribution is -0.121. The zero-order valence-electron chi connectivity index (χ0n) is 16.4. The van der Waals surface area contributed by atoms with E-state index in [1.165, 1.54) is 5.56 Å². The van der Waals surface area contributed by atoms with Gasteiger partial charge in [-0.25, -0.2) is 0 Å². The van der Waals surface area contributed by atoms with E-state index in [-0.39, 0.29) is 11.9 Å². The van der Waals surface area contributed by atoms with E-state index in [1.54, 1.807) is 0 Å². The zero-order valence-corrected chi connectivity index (χ0v) is 17.2. The molecule has 1 aromatic heterocycles. The first kappa shape index (κ1) is 20.6. The highest BCUT2D eigenvalue weighted by molar-refractivity contribution is 6.30. The van der Waals surface area contributed by atoms with Gasteiger partial charge in [0.1, 0.15) is 0 Å². The van der Waals surface area contributed by atoms with Crippen LogP contribution in [-0.4, -0.2) is 40.1 Å². The van der Waals surface area contributed by atoms with Crippen molar-refractivity contribution < 1.29 is 9.32 Å². The molecule has 1 unspecified atom stereocenters. The second kappa shape index (κ2) is 9.85. The number of hydrogen-bond acceptors (Lipinski definition) is 5. The number of aromatic nitrogens is 2. The van der Waals surface area contributed by atoms with Gasteiger partial charge >= 0.3 is 0 Å². The minimum absolute atomic E-state index is 0.0163. The average Bonchev–Trinajstić information content (AvgIpc) is 3.16. The molecule has 0 saturated heterocycles. The molecular weight excluding hydrogens is 376 g/mol. The second-order valence-electron chi connectivity index (χ2n) is 7.23. The Bertz CT molecular complexity index is 833. The van der Waals surface area contributed by atoms with E-state index in [1.807, 2.05) is 32.0 Å². The number of hydrogen-bond donors (Lipinski definition) is 1. The van der Waals surface area contributed by atoms with Gasteiger partial charge in [0.05, 0.1) is 0 Å². The fourth-order valence-electron chi connectivity index (χ4n) is 3.11. The van der Waals surface area contributed by atoms with Crippen LogP contribution in [0.3, 0.4) is 0 Å². The van der Waals surface area contributed by atoms with Crippen LogP contribution >= 0.6 is 11.6 Å². The van der Waals surface area contributed by atoms with Gasteiger partial charge in [-0.1, -0.05) is 41.9 Å². The predicted octanol–water partition coefficient (Wildman–Crippen LogP) is 3.86. The maximum atomic E-state index is 11.9. The standard InChI is InChI=1S/C21H27ClN4O2/c1-3-15(2)23-19(27)7-8-20-24-21(25-28-20)17-9-11-26(12-10-17)14-16-5-4-6-18(22)13-16/h4-6,9,13,15H,3,7-8,10-12,14H2,1-2H3,(H,23,27). The smallest absolute Gasteiger partial charge is 0.227 e. The van der Waals surface area contributed by atoms with E-state index in [0.29, 0.717) is 24.6 Å².